The summed E-state index contributed by atoms with van der Waals surface area (Å²) in [4.78, 5) is 31.8. The molecule has 0 unspecified atom stereocenters. The molecule has 3 heterocycles. The van der Waals surface area contributed by atoms with E-state index in [1.165, 1.54) is 12.1 Å². The number of β-amino-alcohol motifs (C(OH)–C–C–N with tert-alkyl or cyclic N) is 1. The van der Waals surface area contributed by atoms with Crippen LogP contribution in [-0.4, -0.2) is 66.5 Å². The van der Waals surface area contributed by atoms with Crippen LogP contribution in [0.3, 0.4) is 0 Å². The SMILES string of the molecule is Cc1[nH]c(C=C2C(=O)Nc3ccc(S(=O)(=O)Cc4c(Cl)cccc4Cl)cc32)c(C)c1C(=O)N1C[C@H](O)C[C@H]1CNC1CC1. The molecule has 2 fully saturated rings. The molecule has 2 atom stereocenters. The van der Waals surface area contributed by atoms with Gasteiger partial charge in [-0.15, -0.1) is 0 Å². The second-order valence-electron chi connectivity index (χ2n) is 11.5. The number of nitrogens with zero attached hydrogens (tertiary/aromatic N) is 1. The monoisotopic (exact) mass is 642 g/mol. The fourth-order valence-corrected chi connectivity index (χ4v) is 8.02. The minimum Gasteiger partial charge on any atom is -0.391 e. The van der Waals surface area contributed by atoms with Gasteiger partial charge >= 0.3 is 0 Å². The highest BCUT2D eigenvalue weighted by Gasteiger charge is 2.37. The van der Waals surface area contributed by atoms with E-state index < -0.39 is 21.7 Å². The number of hydrogen-bond acceptors (Lipinski definition) is 6. The topological polar surface area (TPSA) is 132 Å². The average molecular weight is 644 g/mol. The largest absolute Gasteiger partial charge is 0.391 e. The number of aromatic nitrogens is 1. The molecule has 1 saturated carbocycles. The number of halogens is 2. The van der Waals surface area contributed by atoms with E-state index in [9.17, 15) is 23.1 Å². The number of amides is 2. The third-order valence-electron chi connectivity index (χ3n) is 8.38. The van der Waals surface area contributed by atoms with Gasteiger partial charge in [0, 0.05) is 63.4 Å². The van der Waals surface area contributed by atoms with Crippen molar-refractivity contribution < 1.29 is 23.1 Å². The van der Waals surface area contributed by atoms with Crippen LogP contribution in [0.4, 0.5) is 5.69 Å². The van der Waals surface area contributed by atoms with Gasteiger partial charge in [-0.25, -0.2) is 8.42 Å². The van der Waals surface area contributed by atoms with Crippen LogP contribution >= 0.6 is 23.2 Å². The van der Waals surface area contributed by atoms with E-state index in [1.54, 1.807) is 42.2 Å². The first-order valence-corrected chi connectivity index (χ1v) is 16.6. The number of likely N-dealkylation sites (tertiary alicyclic amines) is 1. The maximum absolute atomic E-state index is 13.8. The molecule has 2 aromatic carbocycles. The molecule has 226 valence electrons. The Balaban J connectivity index is 1.30. The number of anilines is 1. The average Bonchev–Trinajstić information content (AvgIpc) is 3.54. The van der Waals surface area contributed by atoms with Crippen LogP contribution in [0.1, 0.15) is 57.7 Å². The highest BCUT2D eigenvalue weighted by Crippen LogP contribution is 2.37. The van der Waals surface area contributed by atoms with Crippen LogP contribution in [0.2, 0.25) is 10.0 Å². The molecule has 3 aromatic rings. The lowest BCUT2D eigenvalue weighted by atomic mass is 10.0. The number of sulfone groups is 1. The molecule has 43 heavy (non-hydrogen) atoms. The number of aromatic amines is 1. The zero-order valence-corrected chi connectivity index (χ0v) is 26.0. The zero-order valence-electron chi connectivity index (χ0n) is 23.7. The normalized spacial score (nSPS) is 21.0. The minimum absolute atomic E-state index is 0.0262. The lowest BCUT2D eigenvalue weighted by Gasteiger charge is -2.25. The van der Waals surface area contributed by atoms with Crippen LogP contribution < -0.4 is 10.6 Å². The Morgan fingerprint density at radius 3 is 2.58 bits per heavy atom. The molecule has 3 aliphatic rings. The summed E-state index contributed by atoms with van der Waals surface area (Å²) in [6.45, 7) is 4.52. The van der Waals surface area contributed by atoms with Gasteiger partial charge < -0.3 is 25.6 Å². The predicted molar refractivity (Wildman–Crippen MR) is 167 cm³/mol. The third kappa shape index (κ3) is 5.86. The summed E-state index contributed by atoms with van der Waals surface area (Å²) in [7, 11) is -3.86. The Hall–Kier alpha value is -3.15. The highest BCUT2D eigenvalue weighted by molar-refractivity contribution is 7.90. The van der Waals surface area contributed by atoms with Gasteiger partial charge in [-0.1, -0.05) is 29.3 Å². The van der Waals surface area contributed by atoms with Crippen LogP contribution in [0.5, 0.6) is 0 Å². The Kier molecular flexibility index (Phi) is 7.93. The molecule has 2 amide bonds. The van der Waals surface area contributed by atoms with E-state index in [2.05, 4.69) is 15.6 Å². The molecule has 9 nitrogen and oxygen atoms in total. The Bertz CT molecular complexity index is 1760. The van der Waals surface area contributed by atoms with Crippen molar-refractivity contribution in [3.8, 4) is 0 Å². The van der Waals surface area contributed by atoms with Crippen LogP contribution in [0, 0.1) is 13.8 Å². The Morgan fingerprint density at radius 1 is 1.16 bits per heavy atom. The van der Waals surface area contributed by atoms with E-state index in [0.29, 0.717) is 58.3 Å². The van der Waals surface area contributed by atoms with Crippen LogP contribution in [0.25, 0.3) is 11.6 Å². The van der Waals surface area contributed by atoms with E-state index in [1.807, 2.05) is 6.92 Å². The molecule has 2 aliphatic heterocycles. The van der Waals surface area contributed by atoms with Crippen molar-refractivity contribution in [2.24, 2.45) is 0 Å². The molecule has 0 bridgehead atoms. The maximum atomic E-state index is 13.8. The molecular weight excluding hydrogens is 611 g/mol. The van der Waals surface area contributed by atoms with Crippen molar-refractivity contribution in [3.63, 3.8) is 0 Å². The van der Waals surface area contributed by atoms with Gasteiger partial charge in [0.1, 0.15) is 0 Å². The van der Waals surface area contributed by atoms with Gasteiger partial charge in [-0.05, 0) is 75.1 Å². The fourth-order valence-electron chi connectivity index (χ4n) is 5.90. The molecule has 1 aliphatic carbocycles. The van der Waals surface area contributed by atoms with Crippen molar-refractivity contribution in [1.29, 1.82) is 0 Å². The third-order valence-corrected chi connectivity index (χ3v) is 10.7. The molecule has 0 spiro atoms. The number of hydrogen-bond donors (Lipinski definition) is 4. The molecule has 0 radical (unpaired) electrons. The van der Waals surface area contributed by atoms with E-state index in [-0.39, 0.29) is 44.9 Å². The number of aryl methyl sites for hydroxylation is 1. The number of aliphatic hydroxyl groups excluding tert-OH is 1. The number of carbonyl (C=O) groups excluding carboxylic acids is 2. The lowest BCUT2D eigenvalue weighted by molar-refractivity contribution is -0.110. The van der Waals surface area contributed by atoms with E-state index >= 15 is 0 Å². The molecular formula is C31H32Cl2N4O5S. The number of rotatable bonds is 8. The second-order valence-corrected chi connectivity index (χ2v) is 14.3. The highest BCUT2D eigenvalue weighted by atomic mass is 35.5. The number of benzene rings is 2. The summed E-state index contributed by atoms with van der Waals surface area (Å²) in [5, 5.41) is 17.1. The summed E-state index contributed by atoms with van der Waals surface area (Å²) >= 11 is 12.5. The molecule has 1 saturated heterocycles. The maximum Gasteiger partial charge on any atom is 0.256 e. The number of carbonyl (C=O) groups is 2. The van der Waals surface area contributed by atoms with Gasteiger partial charge in [-0.3, -0.25) is 9.59 Å². The Labute approximate surface area is 260 Å². The quantitative estimate of drug-likeness (QED) is 0.263. The van der Waals surface area contributed by atoms with Crippen molar-refractivity contribution in [2.45, 2.75) is 61.9 Å². The first-order valence-electron chi connectivity index (χ1n) is 14.2. The number of H-pyrrole nitrogens is 1. The summed E-state index contributed by atoms with van der Waals surface area (Å²) in [5.41, 5.74) is 3.90. The molecule has 1 aromatic heterocycles. The summed E-state index contributed by atoms with van der Waals surface area (Å²) in [6, 6.07) is 9.68. The van der Waals surface area contributed by atoms with Crippen molar-refractivity contribution in [3.05, 3.63) is 80.1 Å². The van der Waals surface area contributed by atoms with Gasteiger partial charge in [0.25, 0.3) is 11.8 Å². The second kappa shape index (κ2) is 11.4. The standard InChI is InChI=1S/C31H32Cl2N4O5S/c1-16-28(35-17(2)29(16)31(40)37-14-20(38)10-19(37)13-34-18-6-7-18)12-23-22-11-21(8-9-27(22)36-30(23)39)43(41,42)15-24-25(32)4-3-5-26(24)33/h3-5,8-9,11-12,18-20,34-35,38H,6-7,10,13-15H2,1-2H3,(H,36,39)/t19-,20+/m0/s1. The first kappa shape index (κ1) is 29.9. The van der Waals surface area contributed by atoms with Gasteiger partial charge in [0.05, 0.1) is 27.9 Å². The van der Waals surface area contributed by atoms with E-state index in [0.717, 1.165) is 12.8 Å². The van der Waals surface area contributed by atoms with Crippen molar-refractivity contribution in [1.82, 2.24) is 15.2 Å². The lowest BCUT2D eigenvalue weighted by Crippen LogP contribution is -2.42. The molecule has 12 heteroatoms. The van der Waals surface area contributed by atoms with Crippen molar-refractivity contribution >= 4 is 62.2 Å². The van der Waals surface area contributed by atoms with E-state index in [4.69, 9.17) is 23.2 Å². The fraction of sp³-hybridized carbons (Fsp3) is 0.355. The number of nitrogens with one attached hydrogen (secondary N) is 3. The smallest absolute Gasteiger partial charge is 0.256 e. The predicted octanol–water partition coefficient (Wildman–Crippen LogP) is 4.73. The van der Waals surface area contributed by atoms with Gasteiger partial charge in [0.2, 0.25) is 0 Å². The van der Waals surface area contributed by atoms with Crippen molar-refractivity contribution in [2.75, 3.05) is 18.4 Å². The Morgan fingerprint density at radius 2 is 1.88 bits per heavy atom. The number of aliphatic hydroxyl groups is 1. The first-order chi connectivity index (χ1) is 20.4. The van der Waals surface area contributed by atoms with Crippen LogP contribution in [-0.2, 0) is 20.4 Å². The summed E-state index contributed by atoms with van der Waals surface area (Å²) in [6.07, 6.45) is 3.87. The summed E-state index contributed by atoms with van der Waals surface area (Å²) < 4.78 is 26.8. The molecule has 6 rings (SSSR count). The minimum atomic E-state index is -3.86. The number of fused-ring (bicyclic) bond motifs is 1. The van der Waals surface area contributed by atoms with Gasteiger partial charge in [0.15, 0.2) is 9.84 Å². The molecule has 4 N–H and O–H groups in total. The zero-order chi connectivity index (χ0) is 30.6. The van der Waals surface area contributed by atoms with Gasteiger partial charge in [-0.2, -0.15) is 0 Å². The summed E-state index contributed by atoms with van der Waals surface area (Å²) in [5.74, 6) is -0.946. The van der Waals surface area contributed by atoms with Crippen LogP contribution in [0.15, 0.2) is 41.3 Å².